The molecule has 0 aliphatic carbocycles. The molecule has 1 unspecified atom stereocenters. The Hall–Kier alpha value is -0.883. The van der Waals surface area contributed by atoms with Gasteiger partial charge >= 0.3 is 8.80 Å². The third-order valence-corrected chi connectivity index (χ3v) is 6.13. The number of hydrogen-bond donors (Lipinski definition) is 1. The Labute approximate surface area is 123 Å². The van der Waals surface area contributed by atoms with Gasteiger partial charge in [0, 0.05) is 37.6 Å². The molecular weight excluding hydrogens is 270 g/mol. The lowest BCUT2D eigenvalue weighted by Crippen LogP contribution is -2.49. The average molecular weight is 297 g/mol. The van der Waals surface area contributed by atoms with Crippen molar-refractivity contribution < 1.29 is 13.3 Å². The highest BCUT2D eigenvalue weighted by molar-refractivity contribution is 6.61. The highest BCUT2D eigenvalue weighted by Gasteiger charge is 2.41. The molecule has 20 heavy (non-hydrogen) atoms. The zero-order valence-corrected chi connectivity index (χ0v) is 14.0. The third-order valence-electron chi connectivity index (χ3n) is 2.84. The number of nitrogens with one attached hydrogen (secondary N) is 1. The fourth-order valence-corrected chi connectivity index (χ4v) is 4.98. The van der Waals surface area contributed by atoms with Crippen LogP contribution in [0.5, 0.6) is 0 Å². The van der Waals surface area contributed by atoms with Crippen molar-refractivity contribution in [3.05, 3.63) is 30.3 Å². The normalized spacial score (nSPS) is 13.2. The van der Waals surface area contributed by atoms with Crippen molar-refractivity contribution in [3.8, 4) is 0 Å². The molecule has 0 aliphatic rings. The molecule has 1 atom stereocenters. The number of rotatable bonds is 10. The number of para-hydroxylation sites is 1. The third kappa shape index (κ3) is 5.62. The number of benzene rings is 1. The maximum atomic E-state index is 5.87. The van der Waals surface area contributed by atoms with Crippen molar-refractivity contribution >= 4 is 14.5 Å². The van der Waals surface area contributed by atoms with Gasteiger partial charge in [-0.1, -0.05) is 18.2 Å². The average Bonchev–Trinajstić information content (AvgIpc) is 2.40. The summed E-state index contributed by atoms with van der Waals surface area (Å²) in [6, 6.07) is 11.2. The van der Waals surface area contributed by atoms with Crippen LogP contribution in [0.1, 0.15) is 27.7 Å². The molecule has 0 amide bonds. The fourth-order valence-electron chi connectivity index (χ4n) is 2.21. The van der Waals surface area contributed by atoms with Crippen LogP contribution in [0.2, 0.25) is 6.04 Å². The summed E-state index contributed by atoms with van der Waals surface area (Å²) < 4.78 is 17.6. The molecule has 0 aromatic heterocycles. The van der Waals surface area contributed by atoms with Crippen molar-refractivity contribution in [1.29, 1.82) is 0 Å². The van der Waals surface area contributed by atoms with Crippen LogP contribution in [-0.2, 0) is 13.3 Å². The van der Waals surface area contributed by atoms with Gasteiger partial charge < -0.3 is 18.6 Å². The summed E-state index contributed by atoms with van der Waals surface area (Å²) in [5.74, 6) is 0. The Balaban J connectivity index is 2.67. The second-order valence-corrected chi connectivity index (χ2v) is 7.24. The number of hydrogen-bond acceptors (Lipinski definition) is 4. The van der Waals surface area contributed by atoms with E-state index in [9.17, 15) is 0 Å². The Morgan fingerprint density at radius 1 is 0.950 bits per heavy atom. The lowest BCUT2D eigenvalue weighted by molar-refractivity contribution is 0.0705. The topological polar surface area (TPSA) is 39.7 Å². The molecule has 4 nitrogen and oxygen atoms in total. The van der Waals surface area contributed by atoms with Crippen LogP contribution in [0.3, 0.4) is 0 Å². The van der Waals surface area contributed by atoms with Gasteiger partial charge in [-0.2, -0.15) is 0 Å². The SMILES string of the molecule is CCO[Si](CC(C)Nc1ccccc1)(OCC)OCC. The van der Waals surface area contributed by atoms with E-state index in [1.165, 1.54) is 0 Å². The van der Waals surface area contributed by atoms with Gasteiger partial charge in [0.2, 0.25) is 0 Å². The molecule has 0 radical (unpaired) electrons. The molecule has 1 aromatic carbocycles. The van der Waals surface area contributed by atoms with Crippen LogP contribution in [0.4, 0.5) is 5.69 Å². The van der Waals surface area contributed by atoms with Crippen LogP contribution in [0.15, 0.2) is 30.3 Å². The van der Waals surface area contributed by atoms with E-state index in [2.05, 4.69) is 24.4 Å². The summed E-state index contributed by atoms with van der Waals surface area (Å²) in [6.45, 7) is 9.92. The van der Waals surface area contributed by atoms with Gasteiger partial charge in [-0.15, -0.1) is 0 Å². The van der Waals surface area contributed by atoms with Crippen molar-refractivity contribution in [2.75, 3.05) is 25.1 Å². The highest BCUT2D eigenvalue weighted by atomic mass is 28.4. The lowest BCUT2D eigenvalue weighted by atomic mass is 10.3. The zero-order valence-electron chi connectivity index (χ0n) is 13.0. The Bertz CT molecular complexity index is 344. The minimum absolute atomic E-state index is 0.230. The van der Waals surface area contributed by atoms with E-state index >= 15 is 0 Å². The van der Waals surface area contributed by atoms with Crippen molar-refractivity contribution in [2.24, 2.45) is 0 Å². The van der Waals surface area contributed by atoms with Gasteiger partial charge in [-0.05, 0) is 39.8 Å². The maximum absolute atomic E-state index is 5.87. The summed E-state index contributed by atoms with van der Waals surface area (Å²) in [6.07, 6.45) is 0. The van der Waals surface area contributed by atoms with Crippen molar-refractivity contribution in [3.63, 3.8) is 0 Å². The summed E-state index contributed by atoms with van der Waals surface area (Å²) in [4.78, 5) is 0. The minimum atomic E-state index is -2.57. The van der Waals surface area contributed by atoms with E-state index in [1.807, 2.05) is 39.0 Å². The molecule has 0 saturated heterocycles. The molecule has 114 valence electrons. The molecular formula is C15H27NO3Si. The Kier molecular flexibility index (Phi) is 7.83. The van der Waals surface area contributed by atoms with Crippen LogP contribution >= 0.6 is 0 Å². The first-order valence-electron chi connectivity index (χ1n) is 7.39. The first kappa shape index (κ1) is 17.2. The molecule has 0 fully saturated rings. The first-order valence-corrected chi connectivity index (χ1v) is 9.32. The van der Waals surface area contributed by atoms with Crippen LogP contribution in [0, 0.1) is 0 Å². The minimum Gasteiger partial charge on any atom is -0.383 e. The van der Waals surface area contributed by atoms with Gasteiger partial charge in [0.25, 0.3) is 0 Å². The first-order chi connectivity index (χ1) is 9.65. The van der Waals surface area contributed by atoms with Crippen molar-refractivity contribution in [1.82, 2.24) is 0 Å². The largest absolute Gasteiger partial charge is 0.503 e. The zero-order chi connectivity index (χ0) is 14.8. The van der Waals surface area contributed by atoms with E-state index in [1.54, 1.807) is 0 Å². The fraction of sp³-hybridized carbons (Fsp3) is 0.600. The smallest absolute Gasteiger partial charge is 0.383 e. The van der Waals surface area contributed by atoms with Crippen LogP contribution < -0.4 is 5.32 Å². The highest BCUT2D eigenvalue weighted by Crippen LogP contribution is 2.20. The Morgan fingerprint density at radius 2 is 1.45 bits per heavy atom. The molecule has 0 aliphatic heterocycles. The van der Waals surface area contributed by atoms with Gasteiger partial charge in [-0.25, -0.2) is 0 Å². The van der Waals surface area contributed by atoms with E-state index in [0.29, 0.717) is 19.8 Å². The van der Waals surface area contributed by atoms with Crippen molar-refractivity contribution in [2.45, 2.75) is 39.8 Å². The Morgan fingerprint density at radius 3 is 1.90 bits per heavy atom. The predicted molar refractivity (Wildman–Crippen MR) is 85.0 cm³/mol. The monoisotopic (exact) mass is 297 g/mol. The van der Waals surface area contributed by atoms with E-state index in [-0.39, 0.29) is 6.04 Å². The van der Waals surface area contributed by atoms with E-state index in [0.717, 1.165) is 11.7 Å². The number of anilines is 1. The van der Waals surface area contributed by atoms with Gasteiger partial charge in [0.1, 0.15) is 0 Å². The van der Waals surface area contributed by atoms with Gasteiger partial charge in [0.05, 0.1) is 0 Å². The summed E-state index contributed by atoms with van der Waals surface area (Å²) >= 11 is 0. The predicted octanol–water partition coefficient (Wildman–Crippen LogP) is 3.54. The van der Waals surface area contributed by atoms with Gasteiger partial charge in [-0.3, -0.25) is 0 Å². The molecule has 0 bridgehead atoms. The maximum Gasteiger partial charge on any atom is 0.503 e. The summed E-state index contributed by atoms with van der Waals surface area (Å²) in [5.41, 5.74) is 1.10. The summed E-state index contributed by atoms with van der Waals surface area (Å²) in [5, 5.41) is 3.47. The quantitative estimate of drug-likeness (QED) is 0.671. The van der Waals surface area contributed by atoms with Gasteiger partial charge in [0.15, 0.2) is 0 Å². The summed E-state index contributed by atoms with van der Waals surface area (Å²) in [7, 11) is -2.57. The molecule has 1 N–H and O–H groups in total. The second kappa shape index (κ2) is 9.13. The van der Waals surface area contributed by atoms with Crippen LogP contribution in [0.25, 0.3) is 0 Å². The van der Waals surface area contributed by atoms with E-state index < -0.39 is 8.80 Å². The molecule has 1 aromatic rings. The second-order valence-electron chi connectivity index (χ2n) is 4.60. The molecule has 0 heterocycles. The molecule has 0 saturated carbocycles. The molecule has 1 rings (SSSR count). The molecule has 0 spiro atoms. The van der Waals surface area contributed by atoms with E-state index in [4.69, 9.17) is 13.3 Å². The standard InChI is InChI=1S/C15H27NO3Si/c1-5-17-20(18-6-2,19-7-3)13-14(4)16-15-11-9-8-10-12-15/h8-12,14,16H,5-7,13H2,1-4H3. The molecule has 5 heteroatoms. The lowest BCUT2D eigenvalue weighted by Gasteiger charge is -2.31. The van der Waals surface area contributed by atoms with Crippen LogP contribution in [-0.4, -0.2) is 34.7 Å².